The molecule has 0 saturated carbocycles. The number of hydrogen-bond donors (Lipinski definition) is 0. The van der Waals surface area contributed by atoms with Crippen LogP contribution in [0.1, 0.15) is 0 Å². The molecular formula is C56H36N2O. The van der Waals surface area contributed by atoms with Gasteiger partial charge in [-0.05, 0) is 117 Å². The molecule has 3 heteroatoms. The normalized spacial score (nSPS) is 11.7. The van der Waals surface area contributed by atoms with Crippen molar-refractivity contribution in [3.63, 3.8) is 0 Å². The zero-order chi connectivity index (χ0) is 38.9. The molecule has 0 radical (unpaired) electrons. The molecule has 0 spiro atoms. The van der Waals surface area contributed by atoms with E-state index in [1.165, 1.54) is 54.5 Å². The summed E-state index contributed by atoms with van der Waals surface area (Å²) in [5, 5.41) is 9.74. The summed E-state index contributed by atoms with van der Waals surface area (Å²) < 4.78 is 8.67. The van der Waals surface area contributed by atoms with Gasteiger partial charge in [0, 0.05) is 44.3 Å². The largest absolute Gasteiger partial charge is 0.456 e. The summed E-state index contributed by atoms with van der Waals surface area (Å²) in [6, 6.07) is 78.8. The zero-order valence-corrected chi connectivity index (χ0v) is 32.1. The first-order chi connectivity index (χ1) is 29.2. The van der Waals surface area contributed by atoms with Crippen molar-refractivity contribution in [3.8, 4) is 27.9 Å². The summed E-state index contributed by atoms with van der Waals surface area (Å²) in [6.07, 6.45) is 0. The Bertz CT molecular complexity index is 3500. The third kappa shape index (κ3) is 5.44. The Morgan fingerprint density at radius 2 is 0.898 bits per heavy atom. The van der Waals surface area contributed by atoms with Crippen molar-refractivity contribution in [3.05, 3.63) is 218 Å². The van der Waals surface area contributed by atoms with Gasteiger partial charge in [0.25, 0.3) is 0 Å². The Morgan fingerprint density at radius 3 is 1.66 bits per heavy atom. The zero-order valence-electron chi connectivity index (χ0n) is 32.1. The van der Waals surface area contributed by atoms with Gasteiger partial charge in [-0.15, -0.1) is 0 Å². The predicted molar refractivity (Wildman–Crippen MR) is 249 cm³/mol. The molecule has 12 aromatic rings. The fourth-order valence-electron chi connectivity index (χ4n) is 9.21. The smallest absolute Gasteiger partial charge is 0.136 e. The van der Waals surface area contributed by atoms with Gasteiger partial charge in [-0.3, -0.25) is 0 Å². The minimum atomic E-state index is 0.894. The standard InChI is InChI=1S/C56H36N2O/c1-2-14-46-39(11-1)23-24-40-29-34-45(36-51(40)46)57(44-13-9-12-41(35-44)47-18-10-22-55-56(47)50-17-5-8-21-54(50)59-55)42-30-25-37(26-31-42)38-27-32-43(33-28-38)58-52-19-6-3-15-48(52)49-16-4-7-20-53(49)58/h1-36H. The number of furan rings is 1. The monoisotopic (exact) mass is 752 g/mol. The van der Waals surface area contributed by atoms with E-state index in [0.29, 0.717) is 0 Å². The quantitative estimate of drug-likeness (QED) is 0.158. The van der Waals surface area contributed by atoms with E-state index in [4.69, 9.17) is 4.42 Å². The first-order valence-electron chi connectivity index (χ1n) is 20.2. The van der Waals surface area contributed by atoms with Crippen LogP contribution in [0.3, 0.4) is 0 Å². The van der Waals surface area contributed by atoms with Crippen LogP contribution in [-0.4, -0.2) is 4.57 Å². The Hall–Kier alpha value is -7.88. The molecule has 12 rings (SSSR count). The molecule has 0 saturated heterocycles. The Labute approximate surface area is 341 Å². The summed E-state index contributed by atoms with van der Waals surface area (Å²) in [4.78, 5) is 2.38. The maximum atomic E-state index is 6.30. The molecule has 0 bridgehead atoms. The molecule has 0 unspecified atom stereocenters. The van der Waals surface area contributed by atoms with Crippen LogP contribution in [0.15, 0.2) is 223 Å². The van der Waals surface area contributed by atoms with Crippen molar-refractivity contribution >= 4 is 82.4 Å². The van der Waals surface area contributed by atoms with E-state index in [2.05, 4.69) is 216 Å². The van der Waals surface area contributed by atoms with Gasteiger partial charge in [-0.2, -0.15) is 0 Å². The van der Waals surface area contributed by atoms with E-state index in [9.17, 15) is 0 Å². The van der Waals surface area contributed by atoms with Crippen molar-refractivity contribution in [2.75, 3.05) is 4.90 Å². The van der Waals surface area contributed by atoms with E-state index < -0.39 is 0 Å². The van der Waals surface area contributed by atoms with Gasteiger partial charge in [0.15, 0.2) is 0 Å². The molecule has 0 aliphatic heterocycles. The molecule has 0 atom stereocenters. The fourth-order valence-corrected chi connectivity index (χ4v) is 9.21. The number of nitrogens with zero attached hydrogens (tertiary/aromatic N) is 2. The number of hydrogen-bond acceptors (Lipinski definition) is 2. The SMILES string of the molecule is c1cc(-c2cccc3oc4ccccc4c23)cc(N(c2ccc(-c3ccc(-n4c5ccccc5c5ccccc54)cc3)cc2)c2ccc3ccc4ccccc4c3c2)c1. The Balaban J connectivity index is 0.970. The second kappa shape index (κ2) is 13.4. The average Bonchev–Trinajstić information content (AvgIpc) is 3.86. The lowest BCUT2D eigenvalue weighted by molar-refractivity contribution is 0.669. The van der Waals surface area contributed by atoms with Gasteiger partial charge >= 0.3 is 0 Å². The van der Waals surface area contributed by atoms with Gasteiger partial charge < -0.3 is 13.9 Å². The molecule has 10 aromatic carbocycles. The van der Waals surface area contributed by atoms with Crippen molar-refractivity contribution in [1.29, 1.82) is 0 Å². The van der Waals surface area contributed by atoms with Crippen LogP contribution in [0.2, 0.25) is 0 Å². The van der Waals surface area contributed by atoms with Crippen LogP contribution < -0.4 is 4.90 Å². The molecule has 0 aliphatic rings. The number of rotatable bonds is 6. The second-order valence-corrected chi connectivity index (χ2v) is 15.3. The summed E-state index contributed by atoms with van der Waals surface area (Å²) in [5.41, 5.74) is 13.3. The maximum absolute atomic E-state index is 6.30. The first-order valence-corrected chi connectivity index (χ1v) is 20.2. The number of benzene rings is 10. The van der Waals surface area contributed by atoms with Crippen LogP contribution in [0, 0.1) is 0 Å². The van der Waals surface area contributed by atoms with Gasteiger partial charge in [-0.25, -0.2) is 0 Å². The Kier molecular flexibility index (Phi) is 7.54. The average molecular weight is 753 g/mol. The van der Waals surface area contributed by atoms with Crippen molar-refractivity contribution in [2.24, 2.45) is 0 Å². The predicted octanol–water partition coefficient (Wildman–Crippen LogP) is 15.8. The highest BCUT2D eigenvalue weighted by molar-refractivity contribution is 6.13. The lowest BCUT2D eigenvalue weighted by Crippen LogP contribution is -2.10. The van der Waals surface area contributed by atoms with Gasteiger partial charge in [0.2, 0.25) is 0 Å². The summed E-state index contributed by atoms with van der Waals surface area (Å²) in [7, 11) is 0. The molecule has 0 aliphatic carbocycles. The van der Waals surface area contributed by atoms with Gasteiger partial charge in [0.05, 0.1) is 11.0 Å². The molecule has 0 amide bonds. The number of aromatic nitrogens is 1. The van der Waals surface area contributed by atoms with Crippen LogP contribution in [0.25, 0.3) is 93.2 Å². The molecule has 276 valence electrons. The summed E-state index contributed by atoms with van der Waals surface area (Å²) >= 11 is 0. The number of anilines is 3. The van der Waals surface area contributed by atoms with Crippen LogP contribution >= 0.6 is 0 Å². The molecule has 2 aromatic heterocycles. The Morgan fingerprint density at radius 1 is 0.339 bits per heavy atom. The third-order valence-corrected chi connectivity index (χ3v) is 12.0. The van der Waals surface area contributed by atoms with E-state index >= 15 is 0 Å². The third-order valence-electron chi connectivity index (χ3n) is 12.0. The van der Waals surface area contributed by atoms with Gasteiger partial charge in [0.1, 0.15) is 11.2 Å². The minimum absolute atomic E-state index is 0.894. The highest BCUT2D eigenvalue weighted by Crippen LogP contribution is 2.42. The van der Waals surface area contributed by atoms with Crippen LogP contribution in [0.4, 0.5) is 17.1 Å². The van der Waals surface area contributed by atoms with Crippen molar-refractivity contribution < 1.29 is 4.42 Å². The molecule has 3 nitrogen and oxygen atoms in total. The molecule has 0 fully saturated rings. The molecular weight excluding hydrogens is 717 g/mol. The lowest BCUT2D eigenvalue weighted by atomic mass is 9.98. The van der Waals surface area contributed by atoms with Crippen molar-refractivity contribution in [2.45, 2.75) is 0 Å². The van der Waals surface area contributed by atoms with Crippen molar-refractivity contribution in [1.82, 2.24) is 4.57 Å². The summed E-state index contributed by atoms with van der Waals surface area (Å²) in [6.45, 7) is 0. The highest BCUT2D eigenvalue weighted by Gasteiger charge is 2.18. The fraction of sp³-hybridized carbons (Fsp3) is 0. The second-order valence-electron chi connectivity index (χ2n) is 15.3. The molecule has 0 N–H and O–H groups in total. The van der Waals surface area contributed by atoms with E-state index in [1.54, 1.807) is 0 Å². The molecule has 2 heterocycles. The maximum Gasteiger partial charge on any atom is 0.136 e. The van der Waals surface area contributed by atoms with Crippen LogP contribution in [0.5, 0.6) is 0 Å². The summed E-state index contributed by atoms with van der Waals surface area (Å²) in [5.74, 6) is 0. The minimum Gasteiger partial charge on any atom is -0.456 e. The highest BCUT2D eigenvalue weighted by atomic mass is 16.3. The lowest BCUT2D eigenvalue weighted by Gasteiger charge is -2.27. The number of para-hydroxylation sites is 3. The first kappa shape index (κ1) is 33.3. The van der Waals surface area contributed by atoms with Crippen LogP contribution in [-0.2, 0) is 0 Å². The van der Waals surface area contributed by atoms with E-state index in [1.807, 2.05) is 12.1 Å². The topological polar surface area (TPSA) is 21.3 Å². The van der Waals surface area contributed by atoms with E-state index in [-0.39, 0.29) is 0 Å². The van der Waals surface area contributed by atoms with E-state index in [0.717, 1.165) is 55.8 Å². The number of fused-ring (bicyclic) bond motifs is 9. The molecule has 59 heavy (non-hydrogen) atoms. The van der Waals surface area contributed by atoms with Gasteiger partial charge in [-0.1, -0.05) is 146 Å².